The van der Waals surface area contributed by atoms with E-state index in [4.69, 9.17) is 5.73 Å². The lowest BCUT2D eigenvalue weighted by molar-refractivity contribution is 0.0920. The van der Waals surface area contributed by atoms with Gasteiger partial charge in [0.05, 0.1) is 4.88 Å². The number of hydrogen-bond donors (Lipinski definition) is 2. The molecule has 5 heteroatoms. The van der Waals surface area contributed by atoms with E-state index in [0.717, 1.165) is 10.1 Å². The van der Waals surface area contributed by atoms with E-state index in [-0.39, 0.29) is 11.7 Å². The van der Waals surface area contributed by atoms with Gasteiger partial charge in [-0.2, -0.15) is 0 Å². The van der Waals surface area contributed by atoms with Crippen molar-refractivity contribution in [2.75, 3.05) is 6.54 Å². The van der Waals surface area contributed by atoms with Gasteiger partial charge in [0.1, 0.15) is 5.82 Å². The van der Waals surface area contributed by atoms with Crippen LogP contribution >= 0.6 is 11.3 Å². The summed E-state index contributed by atoms with van der Waals surface area (Å²) in [6, 6.07) is 6.20. The summed E-state index contributed by atoms with van der Waals surface area (Å²) in [6.07, 6.45) is 0. The molecule has 3 N–H and O–H groups in total. The zero-order chi connectivity index (χ0) is 13.3. The van der Waals surface area contributed by atoms with Gasteiger partial charge >= 0.3 is 0 Å². The molecule has 2 aromatic rings. The summed E-state index contributed by atoms with van der Waals surface area (Å²) < 4.78 is 14.0. The molecule has 0 spiro atoms. The van der Waals surface area contributed by atoms with Crippen LogP contribution in [-0.4, -0.2) is 18.0 Å². The minimum Gasteiger partial charge on any atom is -0.345 e. The largest absolute Gasteiger partial charge is 0.345 e. The summed E-state index contributed by atoms with van der Waals surface area (Å²) >= 11 is 1.35. The quantitative estimate of drug-likeness (QED) is 0.897. The van der Waals surface area contributed by atoms with E-state index >= 15 is 0 Å². The van der Waals surface area contributed by atoms with Crippen molar-refractivity contribution in [3.05, 3.63) is 35.0 Å². The van der Waals surface area contributed by atoms with E-state index in [0.29, 0.717) is 11.4 Å². The van der Waals surface area contributed by atoms with Crippen LogP contribution in [0.3, 0.4) is 0 Å². The summed E-state index contributed by atoms with van der Waals surface area (Å²) in [6.45, 7) is 4.08. The zero-order valence-electron chi connectivity index (χ0n) is 10.3. The lowest BCUT2D eigenvalue weighted by Gasteiger charge is -2.23. The number of nitrogens with two attached hydrogens (primary N) is 1. The van der Waals surface area contributed by atoms with E-state index in [9.17, 15) is 9.18 Å². The van der Waals surface area contributed by atoms with Crippen LogP contribution in [0.15, 0.2) is 24.3 Å². The van der Waals surface area contributed by atoms with Crippen LogP contribution in [0.5, 0.6) is 0 Å². The molecule has 0 radical (unpaired) electrons. The fourth-order valence-corrected chi connectivity index (χ4v) is 2.48. The summed E-state index contributed by atoms with van der Waals surface area (Å²) in [7, 11) is 0. The number of carbonyl (C=O) groups is 1. The van der Waals surface area contributed by atoms with Gasteiger partial charge in [-0.15, -0.1) is 11.3 Å². The Morgan fingerprint density at radius 3 is 2.83 bits per heavy atom. The number of halogens is 1. The van der Waals surface area contributed by atoms with Gasteiger partial charge in [-0.05, 0) is 43.5 Å². The van der Waals surface area contributed by atoms with Crippen LogP contribution in [0.2, 0.25) is 0 Å². The van der Waals surface area contributed by atoms with Crippen LogP contribution in [0.1, 0.15) is 23.5 Å². The van der Waals surface area contributed by atoms with Crippen molar-refractivity contribution in [2.45, 2.75) is 19.4 Å². The third-order valence-corrected chi connectivity index (χ3v) is 3.78. The second-order valence-corrected chi connectivity index (χ2v) is 5.92. The molecule has 0 atom stereocenters. The minimum atomic E-state index is -0.446. The number of fused-ring (bicyclic) bond motifs is 1. The van der Waals surface area contributed by atoms with Gasteiger partial charge in [-0.25, -0.2) is 4.39 Å². The second-order valence-electron chi connectivity index (χ2n) is 4.83. The third-order valence-electron chi connectivity index (χ3n) is 2.66. The smallest absolute Gasteiger partial charge is 0.261 e. The van der Waals surface area contributed by atoms with Crippen molar-refractivity contribution in [3.8, 4) is 0 Å². The lowest BCUT2D eigenvalue weighted by Crippen LogP contribution is -2.48. The van der Waals surface area contributed by atoms with Gasteiger partial charge in [0.2, 0.25) is 0 Å². The summed E-state index contributed by atoms with van der Waals surface area (Å²) in [4.78, 5) is 12.6. The number of rotatable bonds is 3. The number of hydrogen-bond acceptors (Lipinski definition) is 3. The minimum absolute atomic E-state index is 0.174. The summed E-state index contributed by atoms with van der Waals surface area (Å²) in [5.41, 5.74) is 5.12. The molecule has 18 heavy (non-hydrogen) atoms. The molecule has 0 aliphatic rings. The lowest BCUT2D eigenvalue weighted by atomic mass is 10.1. The number of amides is 1. The van der Waals surface area contributed by atoms with Crippen molar-refractivity contribution in [3.63, 3.8) is 0 Å². The first-order valence-corrected chi connectivity index (χ1v) is 6.45. The maximum Gasteiger partial charge on any atom is 0.261 e. The van der Waals surface area contributed by atoms with Gasteiger partial charge < -0.3 is 11.1 Å². The molecule has 0 bridgehead atoms. The van der Waals surface area contributed by atoms with Gasteiger partial charge in [-0.1, -0.05) is 0 Å². The molecule has 1 amide bonds. The normalized spacial score (nSPS) is 11.8. The van der Waals surface area contributed by atoms with Crippen LogP contribution in [0.25, 0.3) is 10.1 Å². The van der Waals surface area contributed by atoms with E-state index in [1.54, 1.807) is 12.1 Å². The highest BCUT2D eigenvalue weighted by molar-refractivity contribution is 7.20. The summed E-state index contributed by atoms with van der Waals surface area (Å²) in [5.74, 6) is -0.471. The first-order chi connectivity index (χ1) is 8.41. The predicted molar refractivity (Wildman–Crippen MR) is 72.4 cm³/mol. The maximum absolute atomic E-state index is 13.1. The Kier molecular flexibility index (Phi) is 3.36. The predicted octanol–water partition coefficient (Wildman–Crippen LogP) is 2.51. The molecule has 0 aliphatic carbocycles. The Morgan fingerprint density at radius 1 is 1.44 bits per heavy atom. The number of nitrogens with one attached hydrogen (secondary N) is 1. The Bertz CT molecular complexity index is 592. The molecular weight excluding hydrogens is 251 g/mol. The highest BCUT2D eigenvalue weighted by Gasteiger charge is 2.20. The van der Waals surface area contributed by atoms with Crippen molar-refractivity contribution < 1.29 is 9.18 Å². The van der Waals surface area contributed by atoms with Crippen LogP contribution < -0.4 is 11.1 Å². The third kappa shape index (κ3) is 2.68. The van der Waals surface area contributed by atoms with E-state index in [1.165, 1.54) is 23.5 Å². The van der Waals surface area contributed by atoms with Crippen molar-refractivity contribution in [1.82, 2.24) is 5.32 Å². The van der Waals surface area contributed by atoms with E-state index in [1.807, 2.05) is 13.8 Å². The highest BCUT2D eigenvalue weighted by atomic mass is 32.1. The molecule has 1 aromatic heterocycles. The van der Waals surface area contributed by atoms with Crippen LogP contribution in [0.4, 0.5) is 4.39 Å². The van der Waals surface area contributed by atoms with Crippen LogP contribution in [0, 0.1) is 5.82 Å². The fourth-order valence-electron chi connectivity index (χ4n) is 1.55. The Balaban J connectivity index is 2.28. The SMILES string of the molecule is CC(C)(CN)NC(=O)c1cc2cc(F)ccc2s1. The Hall–Kier alpha value is -1.46. The number of thiophene rings is 1. The summed E-state index contributed by atoms with van der Waals surface area (Å²) in [5, 5.41) is 3.60. The molecule has 1 heterocycles. The van der Waals surface area contributed by atoms with Crippen molar-refractivity contribution in [1.29, 1.82) is 0 Å². The van der Waals surface area contributed by atoms with Crippen molar-refractivity contribution in [2.24, 2.45) is 5.73 Å². The molecular formula is C13H15FN2OS. The van der Waals surface area contributed by atoms with Crippen molar-refractivity contribution >= 4 is 27.3 Å². The number of carbonyl (C=O) groups excluding carboxylic acids is 1. The Labute approximate surface area is 109 Å². The standard InChI is InChI=1S/C13H15FN2OS/c1-13(2,7-15)16-12(17)11-6-8-5-9(14)3-4-10(8)18-11/h3-6H,7,15H2,1-2H3,(H,16,17). The van der Waals surface area contributed by atoms with Crippen LogP contribution in [-0.2, 0) is 0 Å². The molecule has 2 rings (SSSR count). The van der Waals surface area contributed by atoms with Gasteiger partial charge in [0, 0.05) is 16.8 Å². The Morgan fingerprint density at radius 2 is 2.17 bits per heavy atom. The molecule has 0 saturated heterocycles. The monoisotopic (exact) mass is 266 g/mol. The fraction of sp³-hybridized carbons (Fsp3) is 0.308. The zero-order valence-corrected chi connectivity index (χ0v) is 11.1. The van der Waals surface area contributed by atoms with E-state index < -0.39 is 5.54 Å². The molecule has 0 aliphatic heterocycles. The molecule has 1 aromatic carbocycles. The molecule has 0 saturated carbocycles. The van der Waals surface area contributed by atoms with Gasteiger partial charge in [0.25, 0.3) is 5.91 Å². The molecule has 96 valence electrons. The topological polar surface area (TPSA) is 55.1 Å². The number of benzene rings is 1. The first kappa shape index (κ1) is 13.0. The highest BCUT2D eigenvalue weighted by Crippen LogP contribution is 2.26. The molecule has 3 nitrogen and oxygen atoms in total. The first-order valence-electron chi connectivity index (χ1n) is 5.63. The van der Waals surface area contributed by atoms with Gasteiger partial charge in [0.15, 0.2) is 0 Å². The average Bonchev–Trinajstić information content (AvgIpc) is 2.71. The average molecular weight is 266 g/mol. The second kappa shape index (κ2) is 4.66. The molecule has 0 fully saturated rings. The molecule has 0 unspecified atom stereocenters. The van der Waals surface area contributed by atoms with Gasteiger partial charge in [-0.3, -0.25) is 4.79 Å². The van der Waals surface area contributed by atoms with E-state index in [2.05, 4.69) is 5.32 Å². The maximum atomic E-state index is 13.1.